The second-order valence-electron chi connectivity index (χ2n) is 9.02. The SMILES string of the molecule is CON=C(C(=O)NC1C(=O)N2C(C(=O)O)=C(C=C(S)c3n[nH]c(=O)c(=O)n3Cc3ccccc3)CSC12)c1csc(N)n1. The Balaban J connectivity index is 1.43. The lowest BCUT2D eigenvalue weighted by Gasteiger charge is -2.49. The molecule has 43 heavy (non-hydrogen) atoms. The van der Waals surface area contributed by atoms with Gasteiger partial charge in [0.1, 0.15) is 29.9 Å². The molecule has 0 radical (unpaired) electrons. The molecule has 0 bridgehead atoms. The molecule has 2 unspecified atom stereocenters. The van der Waals surface area contributed by atoms with E-state index in [0.29, 0.717) is 0 Å². The van der Waals surface area contributed by atoms with Crippen molar-refractivity contribution in [3.63, 3.8) is 0 Å². The zero-order valence-electron chi connectivity index (χ0n) is 22.1. The number of H-pyrrole nitrogens is 1. The number of fused-ring (bicyclic) bond motifs is 1. The molecule has 2 atom stereocenters. The van der Waals surface area contributed by atoms with E-state index in [-0.39, 0.29) is 50.8 Å². The van der Waals surface area contributed by atoms with Gasteiger partial charge in [-0.05, 0) is 17.2 Å². The van der Waals surface area contributed by atoms with Gasteiger partial charge in [0.15, 0.2) is 16.7 Å². The molecule has 15 nitrogen and oxygen atoms in total. The minimum atomic E-state index is -1.38. The second kappa shape index (κ2) is 12.3. The quantitative estimate of drug-likeness (QED) is 0.0693. The number of carbonyl (C=O) groups excluding carboxylic acids is 2. The maximum Gasteiger partial charge on any atom is 0.352 e. The summed E-state index contributed by atoms with van der Waals surface area (Å²) in [5, 5.41) is 23.4. The van der Waals surface area contributed by atoms with E-state index in [2.05, 4.69) is 38.3 Å². The molecule has 1 fully saturated rings. The lowest BCUT2D eigenvalue weighted by atomic mass is 10.0. The van der Waals surface area contributed by atoms with E-state index < -0.39 is 40.3 Å². The average molecular weight is 643 g/mol. The van der Waals surface area contributed by atoms with E-state index >= 15 is 0 Å². The number of aromatic amines is 1. The van der Waals surface area contributed by atoms with Crippen LogP contribution >= 0.6 is 35.7 Å². The summed E-state index contributed by atoms with van der Waals surface area (Å²) in [5.74, 6) is -2.69. The first kappa shape index (κ1) is 29.8. The van der Waals surface area contributed by atoms with Gasteiger partial charge in [-0.15, -0.1) is 35.7 Å². The maximum absolute atomic E-state index is 13.2. The fourth-order valence-corrected chi connectivity index (χ4v) is 6.60. The van der Waals surface area contributed by atoms with Crippen molar-refractivity contribution >= 4 is 69.3 Å². The van der Waals surface area contributed by atoms with Crippen LogP contribution in [0.1, 0.15) is 17.1 Å². The number of allylic oxidation sites excluding steroid dienone is 1. The number of thiazole rings is 1. The van der Waals surface area contributed by atoms with Gasteiger partial charge in [-0.2, -0.15) is 5.10 Å². The van der Waals surface area contributed by atoms with Gasteiger partial charge in [0, 0.05) is 16.0 Å². The summed E-state index contributed by atoms with van der Waals surface area (Å²) in [6.07, 6.45) is 1.38. The number of carboxylic acid groups (broad SMARTS) is 1. The van der Waals surface area contributed by atoms with Gasteiger partial charge in [0.25, 0.3) is 11.8 Å². The Labute approximate surface area is 255 Å². The summed E-state index contributed by atoms with van der Waals surface area (Å²) in [4.78, 5) is 73.2. The van der Waals surface area contributed by atoms with Crippen molar-refractivity contribution < 1.29 is 24.3 Å². The van der Waals surface area contributed by atoms with Crippen LogP contribution in [-0.4, -0.2) is 77.5 Å². The third-order valence-corrected chi connectivity index (χ3v) is 8.64. The van der Waals surface area contributed by atoms with Crippen LogP contribution in [0.5, 0.6) is 0 Å². The number of anilines is 1. The van der Waals surface area contributed by atoms with Gasteiger partial charge in [0.05, 0.1) is 6.54 Å². The predicted octanol–water partition coefficient (Wildman–Crippen LogP) is 0.0786. The van der Waals surface area contributed by atoms with Gasteiger partial charge in [-0.1, -0.05) is 35.5 Å². The van der Waals surface area contributed by atoms with Crippen LogP contribution < -0.4 is 22.2 Å². The molecule has 1 aromatic carbocycles. The van der Waals surface area contributed by atoms with E-state index in [1.807, 2.05) is 0 Å². The van der Waals surface area contributed by atoms with E-state index in [9.17, 15) is 29.1 Å². The average Bonchev–Trinajstić information content (AvgIpc) is 3.42. The van der Waals surface area contributed by atoms with Crippen LogP contribution in [0.2, 0.25) is 0 Å². The number of carboxylic acids is 1. The standard InChI is InChI=1S/C25H22N8O7S3/c1-40-31-15(13-10-43-25(26)27-13)19(34)28-16-21(36)33-17(24(38)39)12(9-42-23(16)33)7-14(41)18-29-30-20(35)22(37)32(18)8-11-5-3-2-4-6-11/h2-7,10,16,23,41H,8-9H2,1H3,(H2,26,27)(H,28,34)(H,30,35)(H,38,39). The number of oxime groups is 1. The molecule has 0 spiro atoms. The van der Waals surface area contributed by atoms with Gasteiger partial charge in [0.2, 0.25) is 0 Å². The summed E-state index contributed by atoms with van der Waals surface area (Å²) >= 11 is 6.77. The number of β-lactam (4-membered cyclic amide) rings is 1. The molecule has 5 N–H and O–H groups in total. The van der Waals surface area contributed by atoms with E-state index in [1.165, 1.54) is 30.3 Å². The first-order valence-corrected chi connectivity index (χ1v) is 14.7. The molecule has 222 valence electrons. The summed E-state index contributed by atoms with van der Waals surface area (Å²) < 4.78 is 1.13. The molecule has 18 heteroatoms. The molecule has 2 aliphatic heterocycles. The number of rotatable bonds is 9. The smallest absolute Gasteiger partial charge is 0.352 e. The van der Waals surface area contributed by atoms with Crippen LogP contribution in [0.4, 0.5) is 5.13 Å². The number of nitrogen functional groups attached to an aromatic ring is 1. The van der Waals surface area contributed by atoms with Crippen LogP contribution in [0, 0.1) is 0 Å². The number of nitrogens with zero attached hydrogens (tertiary/aromatic N) is 5. The molecular weight excluding hydrogens is 621 g/mol. The Morgan fingerprint density at radius 2 is 2.05 bits per heavy atom. The van der Waals surface area contributed by atoms with Crippen molar-refractivity contribution in [1.82, 2.24) is 30.0 Å². The molecule has 2 aromatic heterocycles. The highest BCUT2D eigenvalue weighted by Crippen LogP contribution is 2.41. The minimum absolute atomic E-state index is 0.00568. The Hall–Kier alpha value is -4.68. The number of nitrogens with one attached hydrogen (secondary N) is 2. The van der Waals surface area contributed by atoms with E-state index in [0.717, 1.165) is 26.4 Å². The van der Waals surface area contributed by atoms with Crippen molar-refractivity contribution in [3.05, 3.63) is 90.8 Å². The molecular formula is C25H22N8O7S3. The zero-order chi connectivity index (χ0) is 30.8. The molecule has 3 aromatic rings. The van der Waals surface area contributed by atoms with Crippen molar-refractivity contribution in [3.8, 4) is 0 Å². The Morgan fingerprint density at radius 3 is 2.70 bits per heavy atom. The summed E-state index contributed by atoms with van der Waals surface area (Å²) in [5.41, 5.74) is 4.43. The lowest BCUT2D eigenvalue weighted by molar-refractivity contribution is -0.150. The summed E-state index contributed by atoms with van der Waals surface area (Å²) in [6, 6.07) is 7.84. The minimum Gasteiger partial charge on any atom is -0.477 e. The van der Waals surface area contributed by atoms with Gasteiger partial charge in [-0.3, -0.25) is 28.6 Å². The first-order chi connectivity index (χ1) is 20.6. The van der Waals surface area contributed by atoms with Gasteiger partial charge < -0.3 is 21.0 Å². The van der Waals surface area contributed by atoms with Gasteiger partial charge in [-0.25, -0.2) is 14.9 Å². The number of carbonyl (C=O) groups is 3. The largest absolute Gasteiger partial charge is 0.477 e. The number of hydrogen-bond donors (Lipinski definition) is 5. The highest BCUT2D eigenvalue weighted by molar-refractivity contribution is 8.00. The van der Waals surface area contributed by atoms with Gasteiger partial charge >= 0.3 is 17.1 Å². The van der Waals surface area contributed by atoms with Crippen molar-refractivity contribution in [2.75, 3.05) is 18.6 Å². The second-order valence-corrected chi connectivity index (χ2v) is 11.5. The fraction of sp³-hybridized carbons (Fsp3) is 0.200. The number of amides is 2. The molecule has 1 saturated heterocycles. The van der Waals surface area contributed by atoms with Crippen molar-refractivity contribution in [2.45, 2.75) is 18.0 Å². The Bertz CT molecular complexity index is 1830. The summed E-state index contributed by atoms with van der Waals surface area (Å²) in [7, 11) is 1.24. The zero-order valence-corrected chi connectivity index (χ0v) is 24.6. The number of benzene rings is 1. The van der Waals surface area contributed by atoms with Crippen molar-refractivity contribution in [2.24, 2.45) is 5.16 Å². The van der Waals surface area contributed by atoms with Crippen LogP contribution in [-0.2, 0) is 25.8 Å². The van der Waals surface area contributed by atoms with Crippen LogP contribution in [0.15, 0.2) is 67.8 Å². The predicted molar refractivity (Wildman–Crippen MR) is 161 cm³/mol. The molecule has 4 heterocycles. The van der Waals surface area contributed by atoms with Crippen LogP contribution in [0.3, 0.4) is 0 Å². The highest BCUT2D eigenvalue weighted by atomic mass is 32.2. The topological polar surface area (TPSA) is 215 Å². The first-order valence-electron chi connectivity index (χ1n) is 12.3. The number of thioether (sulfide) groups is 1. The molecule has 0 saturated carbocycles. The number of aromatic nitrogens is 4. The monoisotopic (exact) mass is 642 g/mol. The lowest BCUT2D eigenvalue weighted by Crippen LogP contribution is -2.71. The molecule has 0 aliphatic carbocycles. The van der Waals surface area contributed by atoms with E-state index in [4.69, 9.17) is 10.6 Å². The highest BCUT2D eigenvalue weighted by Gasteiger charge is 2.54. The molecule has 2 aliphatic rings. The van der Waals surface area contributed by atoms with Crippen LogP contribution in [0.25, 0.3) is 4.91 Å². The van der Waals surface area contributed by atoms with Crippen molar-refractivity contribution in [1.29, 1.82) is 0 Å². The number of thiol groups is 1. The summed E-state index contributed by atoms with van der Waals surface area (Å²) in [6.45, 7) is 0.0132. The fourth-order valence-electron chi connectivity index (χ4n) is 4.42. The third-order valence-electron chi connectivity index (χ3n) is 6.33. The normalized spacial score (nSPS) is 18.7. The number of nitrogens with two attached hydrogens (primary N) is 1. The third kappa shape index (κ3) is 5.84. The molecule has 5 rings (SSSR count). The maximum atomic E-state index is 13.2. The number of hydrogen-bond acceptors (Lipinski definition) is 13. The molecule has 2 amide bonds. The number of aliphatic carboxylic acids is 1. The Kier molecular flexibility index (Phi) is 8.51. The Morgan fingerprint density at radius 1 is 1.30 bits per heavy atom. The van der Waals surface area contributed by atoms with E-state index in [1.54, 1.807) is 30.3 Å².